The van der Waals surface area contributed by atoms with Crippen LogP contribution in [-0.2, 0) is 0 Å². The van der Waals surface area contributed by atoms with Gasteiger partial charge in [-0.1, -0.05) is 30.3 Å². The molecule has 2 heterocycles. The van der Waals surface area contributed by atoms with Gasteiger partial charge in [0.2, 0.25) is 4.80 Å². The van der Waals surface area contributed by atoms with Gasteiger partial charge in [-0.05, 0) is 73.0 Å². The SMILES string of the molecule is COc1ccc(C=Nn2c(-c3cc4ccccc4o3)csc2=Nc2cc(C)ccc2C)cc1. The van der Waals surface area contributed by atoms with Crippen molar-refractivity contribution in [3.05, 3.63) is 99.7 Å². The van der Waals surface area contributed by atoms with Gasteiger partial charge in [0.15, 0.2) is 5.76 Å². The number of methoxy groups -OCH3 is 1. The molecule has 0 fully saturated rings. The molecule has 0 saturated heterocycles. The molecule has 164 valence electrons. The van der Waals surface area contributed by atoms with Gasteiger partial charge in [-0.2, -0.15) is 5.10 Å². The first kappa shape index (κ1) is 21.0. The van der Waals surface area contributed by atoms with E-state index in [0.717, 1.165) is 49.8 Å². The molecule has 5 aromatic rings. The topological polar surface area (TPSA) is 52.0 Å². The van der Waals surface area contributed by atoms with Crippen LogP contribution in [0.15, 0.2) is 92.7 Å². The molecule has 0 unspecified atom stereocenters. The van der Waals surface area contributed by atoms with Crippen LogP contribution in [0.3, 0.4) is 0 Å². The van der Waals surface area contributed by atoms with E-state index in [1.807, 2.05) is 70.9 Å². The highest BCUT2D eigenvalue weighted by Crippen LogP contribution is 2.28. The fourth-order valence-electron chi connectivity index (χ4n) is 3.52. The van der Waals surface area contributed by atoms with Crippen LogP contribution >= 0.6 is 11.3 Å². The first-order chi connectivity index (χ1) is 16.1. The van der Waals surface area contributed by atoms with Crippen LogP contribution in [0.25, 0.3) is 22.4 Å². The Balaban J connectivity index is 1.65. The number of para-hydroxylation sites is 1. The fraction of sp³-hybridized carbons (Fsp3) is 0.111. The second-order valence-corrected chi connectivity index (χ2v) is 8.62. The summed E-state index contributed by atoms with van der Waals surface area (Å²) in [4.78, 5) is 5.71. The number of hydrogen-bond donors (Lipinski definition) is 0. The maximum Gasteiger partial charge on any atom is 0.211 e. The van der Waals surface area contributed by atoms with E-state index in [4.69, 9.17) is 19.2 Å². The Kier molecular flexibility index (Phi) is 5.67. The van der Waals surface area contributed by atoms with Gasteiger partial charge in [-0.25, -0.2) is 9.67 Å². The normalized spacial score (nSPS) is 12.2. The van der Waals surface area contributed by atoms with Gasteiger partial charge in [0.05, 0.1) is 19.0 Å². The maximum atomic E-state index is 6.14. The van der Waals surface area contributed by atoms with Gasteiger partial charge in [-0.3, -0.25) is 0 Å². The number of nitrogens with zero attached hydrogens (tertiary/aromatic N) is 3. The summed E-state index contributed by atoms with van der Waals surface area (Å²) < 4.78 is 13.2. The molecular formula is C27H23N3O2S. The molecule has 0 N–H and O–H groups in total. The molecule has 0 atom stereocenters. The predicted molar refractivity (Wildman–Crippen MR) is 135 cm³/mol. The first-order valence-electron chi connectivity index (χ1n) is 10.6. The van der Waals surface area contributed by atoms with Crippen LogP contribution in [0.2, 0.25) is 0 Å². The van der Waals surface area contributed by atoms with Crippen LogP contribution in [0, 0.1) is 13.8 Å². The molecule has 2 aromatic heterocycles. The largest absolute Gasteiger partial charge is 0.497 e. The lowest BCUT2D eigenvalue weighted by Crippen LogP contribution is -2.11. The third-order valence-corrected chi connectivity index (χ3v) is 6.20. The summed E-state index contributed by atoms with van der Waals surface area (Å²) in [7, 11) is 1.66. The number of aryl methyl sites for hydroxylation is 2. The first-order valence-corrected chi connectivity index (χ1v) is 11.5. The second-order valence-electron chi connectivity index (χ2n) is 7.78. The Bertz CT molecular complexity index is 1490. The van der Waals surface area contributed by atoms with E-state index in [0.29, 0.717) is 0 Å². The van der Waals surface area contributed by atoms with Gasteiger partial charge in [0, 0.05) is 10.8 Å². The number of furan rings is 1. The lowest BCUT2D eigenvalue weighted by Gasteiger charge is -2.03. The van der Waals surface area contributed by atoms with Gasteiger partial charge >= 0.3 is 0 Å². The van der Waals surface area contributed by atoms with Crippen molar-refractivity contribution in [2.75, 3.05) is 7.11 Å². The summed E-state index contributed by atoms with van der Waals surface area (Å²) in [6, 6.07) is 24.1. The Labute approximate surface area is 195 Å². The summed E-state index contributed by atoms with van der Waals surface area (Å²) >= 11 is 1.53. The number of ether oxygens (including phenoxy) is 1. The Morgan fingerprint density at radius 3 is 2.58 bits per heavy atom. The zero-order chi connectivity index (χ0) is 22.8. The molecule has 3 aromatic carbocycles. The fourth-order valence-corrected chi connectivity index (χ4v) is 4.35. The minimum atomic E-state index is 0.752. The summed E-state index contributed by atoms with van der Waals surface area (Å²) in [5.41, 5.74) is 5.87. The van der Waals surface area contributed by atoms with E-state index in [1.165, 1.54) is 16.9 Å². The van der Waals surface area contributed by atoms with Crippen molar-refractivity contribution >= 4 is 34.2 Å². The number of thiazole rings is 1. The number of rotatable bonds is 5. The standard InChI is InChI=1S/C27H23N3O2S/c1-18-8-9-19(2)23(14-18)29-27-30(28-16-20-10-12-22(31-3)13-11-20)24(17-33-27)26-15-21-6-4-5-7-25(21)32-26/h4-17H,1-3H3. The molecule has 5 nitrogen and oxygen atoms in total. The van der Waals surface area contributed by atoms with Gasteiger partial charge in [-0.15, -0.1) is 11.3 Å². The number of aromatic nitrogens is 1. The van der Waals surface area contributed by atoms with Gasteiger partial charge < -0.3 is 9.15 Å². The monoisotopic (exact) mass is 453 g/mol. The molecule has 0 radical (unpaired) electrons. The van der Waals surface area contributed by atoms with E-state index in [2.05, 4.69) is 32.0 Å². The summed E-state index contributed by atoms with van der Waals surface area (Å²) in [6.45, 7) is 4.14. The van der Waals surface area contributed by atoms with Crippen molar-refractivity contribution in [3.63, 3.8) is 0 Å². The second kappa shape index (κ2) is 8.92. The van der Waals surface area contributed by atoms with Crippen molar-refractivity contribution < 1.29 is 9.15 Å². The third-order valence-electron chi connectivity index (χ3n) is 5.38. The number of fused-ring (bicyclic) bond motifs is 1. The summed E-state index contributed by atoms with van der Waals surface area (Å²) in [5.74, 6) is 1.56. The molecule has 0 aliphatic carbocycles. The molecule has 5 rings (SSSR count). The van der Waals surface area contributed by atoms with E-state index < -0.39 is 0 Å². The highest BCUT2D eigenvalue weighted by Gasteiger charge is 2.13. The number of hydrogen-bond acceptors (Lipinski definition) is 5. The van der Waals surface area contributed by atoms with E-state index >= 15 is 0 Å². The summed E-state index contributed by atoms with van der Waals surface area (Å²) in [6.07, 6.45) is 1.82. The summed E-state index contributed by atoms with van der Waals surface area (Å²) in [5, 5.41) is 7.88. The van der Waals surface area contributed by atoms with Gasteiger partial charge in [0.1, 0.15) is 17.0 Å². The van der Waals surface area contributed by atoms with E-state index in [-0.39, 0.29) is 0 Å². The molecule has 0 spiro atoms. The minimum absolute atomic E-state index is 0.752. The molecule has 0 aliphatic rings. The van der Waals surface area contributed by atoms with E-state index in [1.54, 1.807) is 7.11 Å². The number of benzene rings is 3. The molecule has 6 heteroatoms. The van der Waals surface area contributed by atoms with Crippen LogP contribution in [0.4, 0.5) is 5.69 Å². The average molecular weight is 454 g/mol. The quantitative estimate of drug-likeness (QED) is 0.278. The highest BCUT2D eigenvalue weighted by molar-refractivity contribution is 7.07. The average Bonchev–Trinajstić information content (AvgIpc) is 3.44. The van der Waals surface area contributed by atoms with Crippen LogP contribution in [0.5, 0.6) is 5.75 Å². The Hall–Kier alpha value is -3.90. The van der Waals surface area contributed by atoms with Crippen LogP contribution in [0.1, 0.15) is 16.7 Å². The lowest BCUT2D eigenvalue weighted by molar-refractivity contribution is 0.415. The third kappa shape index (κ3) is 4.38. The molecular weight excluding hydrogens is 430 g/mol. The molecule has 0 saturated carbocycles. The maximum absolute atomic E-state index is 6.14. The molecule has 33 heavy (non-hydrogen) atoms. The lowest BCUT2D eigenvalue weighted by atomic mass is 10.1. The van der Waals surface area contributed by atoms with Crippen LogP contribution < -0.4 is 9.54 Å². The van der Waals surface area contributed by atoms with Gasteiger partial charge in [0.25, 0.3) is 0 Å². The Morgan fingerprint density at radius 1 is 0.970 bits per heavy atom. The highest BCUT2D eigenvalue weighted by atomic mass is 32.1. The molecule has 0 amide bonds. The van der Waals surface area contributed by atoms with E-state index in [9.17, 15) is 0 Å². The van der Waals surface area contributed by atoms with Crippen LogP contribution in [-0.4, -0.2) is 18.0 Å². The molecule has 0 bridgehead atoms. The van der Waals surface area contributed by atoms with Crippen molar-refractivity contribution in [2.24, 2.45) is 10.1 Å². The molecule has 0 aliphatic heterocycles. The smallest absolute Gasteiger partial charge is 0.211 e. The predicted octanol–water partition coefficient (Wildman–Crippen LogP) is 6.70. The minimum Gasteiger partial charge on any atom is -0.497 e. The Morgan fingerprint density at radius 2 is 1.79 bits per heavy atom. The zero-order valence-corrected chi connectivity index (χ0v) is 19.5. The zero-order valence-electron chi connectivity index (χ0n) is 18.6. The van der Waals surface area contributed by atoms with Crippen molar-refractivity contribution in [1.29, 1.82) is 0 Å². The van der Waals surface area contributed by atoms with Crippen molar-refractivity contribution in [3.8, 4) is 17.2 Å². The van der Waals surface area contributed by atoms with Crippen molar-refractivity contribution in [2.45, 2.75) is 13.8 Å². The van der Waals surface area contributed by atoms with Crippen molar-refractivity contribution in [1.82, 2.24) is 4.68 Å².